The second-order valence-electron chi connectivity index (χ2n) is 4.40. The molecule has 1 fully saturated rings. The zero-order valence-corrected chi connectivity index (χ0v) is 10.8. The van der Waals surface area contributed by atoms with Crippen molar-refractivity contribution in [1.82, 2.24) is 9.29 Å². The summed E-state index contributed by atoms with van der Waals surface area (Å²) in [7, 11) is -3.64. The minimum Gasteiger partial charge on any atom is -0.390 e. The van der Waals surface area contributed by atoms with Crippen LogP contribution in [0.1, 0.15) is 12.8 Å². The summed E-state index contributed by atoms with van der Waals surface area (Å²) >= 11 is 0. The summed E-state index contributed by atoms with van der Waals surface area (Å²) in [5, 5.41) is 9.79. The summed E-state index contributed by atoms with van der Waals surface area (Å²) in [6.07, 6.45) is 1.87. The SMILES string of the molecule is N[C@H]1CCCN(S(=O)(=O)c2ccccn2)C[C@H]1O. The molecule has 0 aromatic carbocycles. The van der Waals surface area contributed by atoms with Gasteiger partial charge in [-0.05, 0) is 25.0 Å². The zero-order valence-electron chi connectivity index (χ0n) is 9.94. The Balaban J connectivity index is 2.25. The molecular weight excluding hydrogens is 254 g/mol. The second kappa shape index (κ2) is 5.31. The molecule has 0 amide bonds. The van der Waals surface area contributed by atoms with E-state index in [1.807, 2.05) is 0 Å². The number of aliphatic hydroxyl groups excluding tert-OH is 1. The van der Waals surface area contributed by atoms with Gasteiger partial charge in [0.05, 0.1) is 6.10 Å². The van der Waals surface area contributed by atoms with Gasteiger partial charge >= 0.3 is 0 Å². The van der Waals surface area contributed by atoms with Gasteiger partial charge in [0, 0.05) is 25.3 Å². The number of pyridine rings is 1. The van der Waals surface area contributed by atoms with Gasteiger partial charge in [0.15, 0.2) is 5.03 Å². The van der Waals surface area contributed by atoms with Crippen molar-refractivity contribution >= 4 is 10.0 Å². The first kappa shape index (κ1) is 13.4. The van der Waals surface area contributed by atoms with Crippen LogP contribution in [-0.2, 0) is 10.0 Å². The molecule has 0 aliphatic carbocycles. The summed E-state index contributed by atoms with van der Waals surface area (Å²) in [6, 6.07) is 4.37. The lowest BCUT2D eigenvalue weighted by Gasteiger charge is -2.22. The molecule has 0 bridgehead atoms. The molecule has 2 heterocycles. The average molecular weight is 271 g/mol. The summed E-state index contributed by atoms with van der Waals surface area (Å²) in [5.74, 6) is 0. The number of sulfonamides is 1. The highest BCUT2D eigenvalue weighted by Crippen LogP contribution is 2.18. The smallest absolute Gasteiger partial charge is 0.260 e. The van der Waals surface area contributed by atoms with Gasteiger partial charge in [-0.25, -0.2) is 13.4 Å². The first-order chi connectivity index (χ1) is 8.51. The van der Waals surface area contributed by atoms with Crippen molar-refractivity contribution in [1.29, 1.82) is 0 Å². The molecule has 0 saturated carbocycles. The molecule has 2 rings (SSSR count). The molecule has 1 aromatic rings. The van der Waals surface area contributed by atoms with Crippen LogP contribution >= 0.6 is 0 Å². The summed E-state index contributed by atoms with van der Waals surface area (Å²) < 4.78 is 25.9. The Morgan fingerprint density at radius 3 is 2.89 bits per heavy atom. The Morgan fingerprint density at radius 1 is 1.44 bits per heavy atom. The number of hydrogen-bond donors (Lipinski definition) is 2. The maximum absolute atomic E-state index is 12.3. The van der Waals surface area contributed by atoms with Gasteiger partial charge in [0.1, 0.15) is 0 Å². The van der Waals surface area contributed by atoms with Gasteiger partial charge in [-0.3, -0.25) is 0 Å². The first-order valence-electron chi connectivity index (χ1n) is 5.86. The Bertz CT molecular complexity index is 492. The van der Waals surface area contributed by atoms with E-state index in [4.69, 9.17) is 5.73 Å². The number of β-amino-alcohol motifs (C(OH)–C–C–N with tert-alkyl or cyclic N) is 1. The van der Waals surface area contributed by atoms with Crippen LogP contribution in [0.5, 0.6) is 0 Å². The predicted octanol–water partition coefficient (Wildman–Crippen LogP) is -0.446. The van der Waals surface area contributed by atoms with Crippen molar-refractivity contribution in [2.24, 2.45) is 5.73 Å². The van der Waals surface area contributed by atoms with Crippen LogP contribution in [0.4, 0.5) is 0 Å². The number of nitrogens with zero attached hydrogens (tertiary/aromatic N) is 2. The van der Waals surface area contributed by atoms with Crippen LogP contribution in [0.3, 0.4) is 0 Å². The normalized spacial score (nSPS) is 26.8. The molecule has 2 atom stereocenters. The number of hydrogen-bond acceptors (Lipinski definition) is 5. The standard InChI is InChI=1S/C11H17N3O3S/c12-9-4-3-7-14(8-10(9)15)18(16,17)11-5-1-2-6-13-11/h1-2,5-6,9-10,15H,3-4,7-8,12H2/t9-,10+/m0/s1. The van der Waals surface area contributed by atoms with Crippen molar-refractivity contribution in [2.75, 3.05) is 13.1 Å². The lowest BCUT2D eigenvalue weighted by atomic mass is 10.1. The van der Waals surface area contributed by atoms with Crippen molar-refractivity contribution in [3.63, 3.8) is 0 Å². The fraction of sp³-hybridized carbons (Fsp3) is 0.545. The molecule has 0 spiro atoms. The highest BCUT2D eigenvalue weighted by atomic mass is 32.2. The molecule has 6 nitrogen and oxygen atoms in total. The van der Waals surface area contributed by atoms with Gasteiger partial charge < -0.3 is 10.8 Å². The van der Waals surface area contributed by atoms with E-state index in [0.717, 1.165) is 0 Å². The Morgan fingerprint density at radius 2 is 2.22 bits per heavy atom. The van der Waals surface area contributed by atoms with Gasteiger partial charge in [0.25, 0.3) is 10.0 Å². The molecule has 0 radical (unpaired) electrons. The average Bonchev–Trinajstić information content (AvgIpc) is 2.54. The molecule has 100 valence electrons. The molecule has 18 heavy (non-hydrogen) atoms. The van der Waals surface area contributed by atoms with Crippen molar-refractivity contribution in [2.45, 2.75) is 30.0 Å². The van der Waals surface area contributed by atoms with Gasteiger partial charge in [-0.15, -0.1) is 0 Å². The quantitative estimate of drug-likeness (QED) is 0.759. The predicted molar refractivity (Wildman–Crippen MR) is 66.2 cm³/mol. The van der Waals surface area contributed by atoms with E-state index in [9.17, 15) is 13.5 Å². The largest absolute Gasteiger partial charge is 0.390 e. The van der Waals surface area contributed by atoms with Crippen LogP contribution in [0, 0.1) is 0 Å². The zero-order chi connectivity index (χ0) is 13.2. The fourth-order valence-electron chi connectivity index (χ4n) is 1.98. The van der Waals surface area contributed by atoms with E-state index in [2.05, 4.69) is 4.98 Å². The Hall–Kier alpha value is -1.02. The molecule has 3 N–H and O–H groups in total. The van der Waals surface area contributed by atoms with Crippen molar-refractivity contribution in [3.05, 3.63) is 24.4 Å². The third-order valence-electron chi connectivity index (χ3n) is 3.07. The third-order valence-corrected chi connectivity index (χ3v) is 4.85. The van der Waals surface area contributed by atoms with Crippen LogP contribution in [0.2, 0.25) is 0 Å². The Kier molecular flexibility index (Phi) is 3.96. The number of rotatable bonds is 2. The van der Waals surface area contributed by atoms with Crippen molar-refractivity contribution < 1.29 is 13.5 Å². The van der Waals surface area contributed by atoms with E-state index in [-0.39, 0.29) is 17.6 Å². The summed E-state index contributed by atoms with van der Waals surface area (Å²) in [4.78, 5) is 3.86. The lowest BCUT2D eigenvalue weighted by Crippen LogP contribution is -2.42. The van der Waals surface area contributed by atoms with Gasteiger partial charge in [-0.1, -0.05) is 6.07 Å². The highest BCUT2D eigenvalue weighted by Gasteiger charge is 2.31. The minimum absolute atomic E-state index is 0.00710. The first-order valence-corrected chi connectivity index (χ1v) is 7.30. The topological polar surface area (TPSA) is 96.5 Å². The van der Waals surface area contributed by atoms with E-state index < -0.39 is 16.1 Å². The van der Waals surface area contributed by atoms with E-state index in [1.54, 1.807) is 12.1 Å². The summed E-state index contributed by atoms with van der Waals surface area (Å²) in [6.45, 7) is 0.393. The molecular formula is C11H17N3O3S. The Labute approximate surface area is 106 Å². The van der Waals surface area contributed by atoms with Crippen molar-refractivity contribution in [3.8, 4) is 0 Å². The minimum atomic E-state index is -3.64. The molecule has 1 aliphatic rings. The maximum atomic E-state index is 12.3. The van der Waals surface area contributed by atoms with Gasteiger partial charge in [0.2, 0.25) is 0 Å². The molecule has 1 saturated heterocycles. The van der Waals surface area contributed by atoms with E-state index >= 15 is 0 Å². The third kappa shape index (κ3) is 2.69. The number of aromatic nitrogens is 1. The number of nitrogens with two attached hydrogens (primary N) is 1. The maximum Gasteiger partial charge on any atom is 0.260 e. The second-order valence-corrected chi connectivity index (χ2v) is 6.29. The highest BCUT2D eigenvalue weighted by molar-refractivity contribution is 7.89. The lowest BCUT2D eigenvalue weighted by molar-refractivity contribution is 0.130. The van der Waals surface area contributed by atoms with Crippen LogP contribution in [0.25, 0.3) is 0 Å². The van der Waals surface area contributed by atoms with Crippen LogP contribution in [0.15, 0.2) is 29.4 Å². The summed E-state index contributed by atoms with van der Waals surface area (Å²) in [5.41, 5.74) is 5.74. The molecule has 7 heteroatoms. The molecule has 1 aliphatic heterocycles. The monoisotopic (exact) mass is 271 g/mol. The number of aliphatic hydroxyl groups is 1. The molecule has 1 aromatic heterocycles. The van der Waals surface area contributed by atoms with Gasteiger partial charge in [-0.2, -0.15) is 4.31 Å². The fourth-order valence-corrected chi connectivity index (χ4v) is 3.41. The van der Waals surface area contributed by atoms with Crippen LogP contribution < -0.4 is 5.73 Å². The molecule has 0 unspecified atom stereocenters. The van der Waals surface area contributed by atoms with E-state index in [0.29, 0.717) is 19.4 Å². The van der Waals surface area contributed by atoms with Crippen LogP contribution in [-0.4, -0.2) is 48.0 Å². The van der Waals surface area contributed by atoms with E-state index in [1.165, 1.54) is 16.6 Å².